The molecule has 0 rings (SSSR count). The molecule has 0 unspecified atom stereocenters. The van der Waals surface area contributed by atoms with E-state index in [1.165, 1.54) is 11.8 Å². The summed E-state index contributed by atoms with van der Waals surface area (Å²) in [6.07, 6.45) is 3.00. The highest BCUT2D eigenvalue weighted by atomic mass is 32.2. The quantitative estimate of drug-likeness (QED) is 0.204. The smallest absolute Gasteiger partial charge is 0.372 e. The van der Waals surface area contributed by atoms with Gasteiger partial charge in [0.2, 0.25) is 11.7 Å². The summed E-state index contributed by atoms with van der Waals surface area (Å²) in [5.41, 5.74) is 6.62. The van der Waals surface area contributed by atoms with Gasteiger partial charge in [-0.2, -0.15) is 11.8 Å². The number of nitrogens with zero attached hydrogens (tertiary/aromatic N) is 1. The van der Waals surface area contributed by atoms with Crippen LogP contribution in [0.5, 0.6) is 0 Å². The number of ether oxygens (including phenoxy) is 1. The zero-order valence-electron chi connectivity index (χ0n) is 15.4. The molecule has 0 fully saturated rings. The number of Topliss-reactive ketones (excluding diaryl/α,β-unsaturated/α-hetero) is 1. The van der Waals surface area contributed by atoms with Gasteiger partial charge in [-0.05, 0) is 38.7 Å². The number of carbonyl (C=O) groups is 3. The van der Waals surface area contributed by atoms with Crippen molar-refractivity contribution >= 4 is 45.5 Å². The lowest BCUT2D eigenvalue weighted by molar-refractivity contribution is -0.151. The normalized spacial score (nSPS) is 13.4. The molecule has 0 aromatic rings. The molecule has 0 aliphatic carbocycles. The van der Waals surface area contributed by atoms with E-state index in [1.807, 2.05) is 0 Å². The van der Waals surface area contributed by atoms with Gasteiger partial charge in [0, 0.05) is 12.7 Å². The van der Waals surface area contributed by atoms with Gasteiger partial charge in [-0.1, -0.05) is 0 Å². The van der Waals surface area contributed by atoms with Crippen LogP contribution in [0.4, 0.5) is 0 Å². The fourth-order valence-corrected chi connectivity index (χ4v) is 3.64. The molecule has 0 aliphatic rings. The van der Waals surface area contributed by atoms with Gasteiger partial charge in [-0.3, -0.25) is 9.59 Å². The Morgan fingerprint density at radius 1 is 1.27 bits per heavy atom. The number of thioether (sulfide) groups is 1. The Morgan fingerprint density at radius 2 is 1.88 bits per heavy atom. The molecule has 2 atom stereocenters. The second-order valence-corrected chi connectivity index (χ2v) is 9.12. The zero-order chi connectivity index (χ0) is 20.3. The van der Waals surface area contributed by atoms with Crippen LogP contribution in [0.3, 0.4) is 0 Å². The maximum absolute atomic E-state index is 12.4. The summed E-state index contributed by atoms with van der Waals surface area (Å²) in [4.78, 5) is 38.9. The number of ketones is 1. The molecule has 0 saturated heterocycles. The van der Waals surface area contributed by atoms with Gasteiger partial charge in [-0.25, -0.2) is 13.2 Å². The molecule has 1 amide bonds. The Labute approximate surface area is 157 Å². The average molecular weight is 409 g/mol. The number of sulfone groups is 1. The predicted octanol–water partition coefficient (Wildman–Crippen LogP) is 0.248. The van der Waals surface area contributed by atoms with Gasteiger partial charge in [0.15, 0.2) is 9.84 Å². The SMILES string of the molecule is CSCC[C@@H](C(=O)N[C@@H](CCC(=O)C=[N+]=N)C(=O)OC(C)C)S(C)(=O)=O. The lowest BCUT2D eigenvalue weighted by Crippen LogP contribution is -2.49. The summed E-state index contributed by atoms with van der Waals surface area (Å²) < 4.78 is 28.8. The highest BCUT2D eigenvalue weighted by molar-refractivity contribution is 7.98. The summed E-state index contributed by atoms with van der Waals surface area (Å²) in [6, 6.07) is -1.16. The van der Waals surface area contributed by atoms with Gasteiger partial charge >= 0.3 is 12.2 Å². The summed E-state index contributed by atoms with van der Waals surface area (Å²) in [6.45, 7) is 3.26. The van der Waals surface area contributed by atoms with Gasteiger partial charge < -0.3 is 10.1 Å². The van der Waals surface area contributed by atoms with E-state index in [-0.39, 0.29) is 19.3 Å². The lowest BCUT2D eigenvalue weighted by Gasteiger charge is -2.21. The minimum Gasteiger partial charge on any atom is -0.461 e. The highest BCUT2D eigenvalue weighted by Crippen LogP contribution is 2.11. The molecule has 9 nitrogen and oxygen atoms in total. The van der Waals surface area contributed by atoms with Crippen molar-refractivity contribution in [3.8, 4) is 0 Å². The summed E-state index contributed by atoms with van der Waals surface area (Å²) in [5.74, 6) is -1.57. The zero-order valence-corrected chi connectivity index (χ0v) is 17.0. The third kappa shape index (κ3) is 9.69. The van der Waals surface area contributed by atoms with Crippen LogP contribution in [-0.4, -0.2) is 72.7 Å². The summed E-state index contributed by atoms with van der Waals surface area (Å²) in [5, 5.41) is 1.11. The molecular formula is C15H26N3O6S2+. The summed E-state index contributed by atoms with van der Waals surface area (Å²) in [7, 11) is -3.66. The lowest BCUT2D eigenvalue weighted by atomic mass is 10.1. The van der Waals surface area contributed by atoms with Gasteiger partial charge in [-0.15, -0.1) is 0 Å². The second-order valence-electron chi connectivity index (χ2n) is 5.91. The molecule has 2 N–H and O–H groups in total. The Morgan fingerprint density at radius 3 is 2.35 bits per heavy atom. The molecule has 0 spiro atoms. The third-order valence-electron chi connectivity index (χ3n) is 3.23. The molecule has 0 aliphatic heterocycles. The van der Waals surface area contributed by atoms with Gasteiger partial charge in [0.1, 0.15) is 11.3 Å². The molecule has 26 heavy (non-hydrogen) atoms. The van der Waals surface area contributed by atoms with Crippen LogP contribution in [-0.2, 0) is 29.0 Å². The van der Waals surface area contributed by atoms with E-state index < -0.39 is 44.9 Å². The van der Waals surface area contributed by atoms with Crippen LogP contribution in [0.25, 0.3) is 0 Å². The van der Waals surface area contributed by atoms with E-state index in [9.17, 15) is 22.8 Å². The molecule has 0 saturated carbocycles. The van der Waals surface area contributed by atoms with E-state index in [1.54, 1.807) is 20.1 Å². The maximum Gasteiger partial charge on any atom is 0.372 e. The van der Waals surface area contributed by atoms with Crippen LogP contribution in [0.15, 0.2) is 0 Å². The van der Waals surface area contributed by atoms with E-state index in [0.29, 0.717) is 5.75 Å². The van der Waals surface area contributed by atoms with Crippen molar-refractivity contribution in [3.05, 3.63) is 0 Å². The van der Waals surface area contributed by atoms with Crippen LogP contribution in [0.1, 0.15) is 33.1 Å². The number of hydrogen-bond donors (Lipinski definition) is 2. The maximum atomic E-state index is 12.4. The number of hydrogen-bond acceptors (Lipinski definition) is 8. The molecule has 0 aromatic heterocycles. The molecule has 0 aromatic carbocycles. The first-order valence-corrected chi connectivity index (χ1v) is 11.3. The Bertz CT molecular complexity index is 656. The fraction of sp³-hybridized carbons (Fsp3) is 0.733. The number of rotatable bonds is 12. The average Bonchev–Trinajstić information content (AvgIpc) is 2.49. The van der Waals surface area contributed by atoms with E-state index >= 15 is 0 Å². The van der Waals surface area contributed by atoms with Crippen molar-refractivity contribution in [2.45, 2.75) is 50.5 Å². The molecule has 0 bridgehead atoms. The number of esters is 1. The first-order chi connectivity index (χ1) is 12.0. The summed E-state index contributed by atoms with van der Waals surface area (Å²) >= 11 is 1.40. The van der Waals surface area contributed by atoms with Crippen molar-refractivity contribution < 1.29 is 32.3 Å². The molecule has 0 radical (unpaired) electrons. The number of nitrogens with one attached hydrogen (secondary N) is 2. The number of amides is 1. The van der Waals surface area contributed by atoms with Crippen molar-refractivity contribution in [1.29, 1.82) is 5.53 Å². The molecule has 11 heteroatoms. The Kier molecular flexibility index (Phi) is 11.0. The van der Waals surface area contributed by atoms with E-state index in [0.717, 1.165) is 12.5 Å². The first-order valence-electron chi connectivity index (χ1n) is 7.94. The molecule has 148 valence electrons. The first kappa shape index (κ1) is 24.3. The van der Waals surface area contributed by atoms with E-state index in [2.05, 4.69) is 10.1 Å². The standard InChI is InChI=1S/C15H25N3O6S2/c1-10(2)24-15(21)12(6-5-11(19)9-17-16)18-14(20)13(7-8-25-3)26(4,22)23/h9-10,12-13,16H,5-8H2,1-4H3/p+1/t12-,13-/m0/s1. The van der Waals surface area contributed by atoms with E-state index in [4.69, 9.17) is 10.3 Å². The van der Waals surface area contributed by atoms with Gasteiger partial charge in [0.25, 0.3) is 0 Å². The van der Waals surface area contributed by atoms with Crippen molar-refractivity contribution in [3.63, 3.8) is 0 Å². The Hall–Kier alpha value is -1.71. The van der Waals surface area contributed by atoms with Crippen LogP contribution in [0.2, 0.25) is 0 Å². The van der Waals surface area contributed by atoms with Crippen LogP contribution in [0, 0.1) is 5.53 Å². The topological polar surface area (TPSA) is 145 Å². The minimum absolute atomic E-state index is 0.0822. The minimum atomic E-state index is -3.66. The highest BCUT2D eigenvalue weighted by Gasteiger charge is 2.32. The van der Waals surface area contributed by atoms with Crippen molar-refractivity contribution in [2.24, 2.45) is 0 Å². The number of carbonyl (C=O) groups excluding carboxylic acids is 3. The van der Waals surface area contributed by atoms with Crippen molar-refractivity contribution in [2.75, 3.05) is 18.3 Å². The molecular weight excluding hydrogens is 382 g/mol. The third-order valence-corrected chi connectivity index (χ3v) is 5.36. The predicted molar refractivity (Wildman–Crippen MR) is 98.1 cm³/mol. The van der Waals surface area contributed by atoms with Crippen LogP contribution >= 0.6 is 11.8 Å². The monoisotopic (exact) mass is 408 g/mol. The second kappa shape index (κ2) is 11.8. The van der Waals surface area contributed by atoms with Crippen LogP contribution < -0.4 is 5.32 Å². The Balaban J connectivity index is 5.27. The van der Waals surface area contributed by atoms with Gasteiger partial charge in [0.05, 0.1) is 16.4 Å². The molecule has 0 heterocycles. The fourth-order valence-electron chi connectivity index (χ4n) is 2.02. The largest absolute Gasteiger partial charge is 0.461 e. The van der Waals surface area contributed by atoms with Crippen molar-refractivity contribution in [1.82, 2.24) is 5.32 Å².